The van der Waals surface area contributed by atoms with Crippen LogP contribution in [0.1, 0.15) is 51.4 Å². The maximum atomic E-state index is 4.53. The number of hydrogen-bond acceptors (Lipinski definition) is 2. The first kappa shape index (κ1) is 10.6. The van der Waals surface area contributed by atoms with Crippen LogP contribution in [0.5, 0.6) is 0 Å². The van der Waals surface area contributed by atoms with Crippen LogP contribution in [0.2, 0.25) is 0 Å². The van der Waals surface area contributed by atoms with Crippen LogP contribution in [0.25, 0.3) is 0 Å². The normalized spacial score (nSPS) is 21.7. The van der Waals surface area contributed by atoms with Crippen molar-refractivity contribution in [2.24, 2.45) is 0 Å². The minimum atomic E-state index is 0.224. The summed E-state index contributed by atoms with van der Waals surface area (Å²) < 4.78 is 0. The molecule has 0 aliphatic carbocycles. The third kappa shape index (κ3) is 1.78. The SMILES string of the molecule is CCC1c2ncccc2CN1C(C)(C)C. The lowest BCUT2D eigenvalue weighted by Crippen LogP contribution is -2.39. The summed E-state index contributed by atoms with van der Waals surface area (Å²) in [5, 5.41) is 0. The minimum Gasteiger partial charge on any atom is -0.286 e. The molecule has 0 bridgehead atoms. The highest BCUT2D eigenvalue weighted by atomic mass is 15.2. The Morgan fingerprint density at radius 1 is 1.47 bits per heavy atom. The molecule has 15 heavy (non-hydrogen) atoms. The van der Waals surface area contributed by atoms with Gasteiger partial charge in [0.2, 0.25) is 0 Å². The predicted octanol–water partition coefficient (Wildman–Crippen LogP) is 3.15. The summed E-state index contributed by atoms with van der Waals surface area (Å²) in [4.78, 5) is 7.08. The average Bonchev–Trinajstić information content (AvgIpc) is 2.55. The summed E-state index contributed by atoms with van der Waals surface area (Å²) in [5.41, 5.74) is 2.91. The fraction of sp³-hybridized carbons (Fsp3) is 0.615. The molecule has 1 atom stereocenters. The van der Waals surface area contributed by atoms with Crippen molar-refractivity contribution in [3.05, 3.63) is 29.6 Å². The molecule has 0 N–H and O–H groups in total. The molecule has 1 unspecified atom stereocenters. The molecular formula is C13H20N2. The standard InChI is InChI=1S/C13H20N2/c1-5-11-12-10(7-6-8-14-12)9-15(11)13(2,3)4/h6-8,11H,5,9H2,1-4H3. The van der Waals surface area contributed by atoms with E-state index in [9.17, 15) is 0 Å². The van der Waals surface area contributed by atoms with E-state index in [1.807, 2.05) is 12.3 Å². The smallest absolute Gasteiger partial charge is 0.0620 e. The van der Waals surface area contributed by atoms with Gasteiger partial charge < -0.3 is 0 Å². The molecule has 0 aromatic carbocycles. The molecule has 0 amide bonds. The number of rotatable bonds is 1. The van der Waals surface area contributed by atoms with E-state index in [2.05, 4.69) is 43.6 Å². The van der Waals surface area contributed by atoms with Crippen LogP contribution < -0.4 is 0 Å². The molecule has 1 aromatic heterocycles. The fourth-order valence-electron chi connectivity index (χ4n) is 2.44. The van der Waals surface area contributed by atoms with E-state index in [-0.39, 0.29) is 5.54 Å². The molecular weight excluding hydrogens is 184 g/mol. The Morgan fingerprint density at radius 3 is 2.80 bits per heavy atom. The second-order valence-corrected chi connectivity index (χ2v) is 5.27. The Labute approximate surface area is 92.3 Å². The first-order valence-electron chi connectivity index (χ1n) is 5.74. The molecule has 0 saturated carbocycles. The predicted molar refractivity (Wildman–Crippen MR) is 62.6 cm³/mol. The van der Waals surface area contributed by atoms with Crippen LogP contribution in [-0.2, 0) is 6.54 Å². The number of aromatic nitrogens is 1. The molecule has 2 heterocycles. The van der Waals surface area contributed by atoms with Crippen LogP contribution in [0.15, 0.2) is 18.3 Å². The highest BCUT2D eigenvalue weighted by Crippen LogP contribution is 2.38. The summed E-state index contributed by atoms with van der Waals surface area (Å²) in [6, 6.07) is 4.75. The molecule has 82 valence electrons. The molecule has 2 heteroatoms. The van der Waals surface area contributed by atoms with Crippen molar-refractivity contribution >= 4 is 0 Å². The third-order valence-electron chi connectivity index (χ3n) is 3.21. The lowest BCUT2D eigenvalue weighted by Gasteiger charge is -2.36. The van der Waals surface area contributed by atoms with Gasteiger partial charge in [-0.15, -0.1) is 0 Å². The van der Waals surface area contributed by atoms with Gasteiger partial charge in [0.15, 0.2) is 0 Å². The maximum Gasteiger partial charge on any atom is 0.0620 e. The fourth-order valence-corrected chi connectivity index (χ4v) is 2.44. The molecule has 2 nitrogen and oxygen atoms in total. The zero-order valence-electron chi connectivity index (χ0n) is 10.1. The third-order valence-corrected chi connectivity index (χ3v) is 3.21. The van der Waals surface area contributed by atoms with Gasteiger partial charge in [0.05, 0.1) is 11.7 Å². The molecule has 1 aliphatic heterocycles. The first-order valence-corrected chi connectivity index (χ1v) is 5.74. The number of pyridine rings is 1. The van der Waals surface area contributed by atoms with E-state index >= 15 is 0 Å². The Morgan fingerprint density at radius 2 is 2.20 bits per heavy atom. The molecule has 2 rings (SSSR count). The largest absolute Gasteiger partial charge is 0.286 e. The van der Waals surface area contributed by atoms with E-state index in [0.717, 1.165) is 13.0 Å². The molecule has 0 saturated heterocycles. The van der Waals surface area contributed by atoms with Gasteiger partial charge in [-0.05, 0) is 38.8 Å². The van der Waals surface area contributed by atoms with Gasteiger partial charge in [-0.3, -0.25) is 9.88 Å². The van der Waals surface area contributed by atoms with Crippen molar-refractivity contribution in [2.45, 2.75) is 52.2 Å². The van der Waals surface area contributed by atoms with Gasteiger partial charge in [-0.2, -0.15) is 0 Å². The monoisotopic (exact) mass is 204 g/mol. The van der Waals surface area contributed by atoms with Gasteiger partial charge in [0.25, 0.3) is 0 Å². The van der Waals surface area contributed by atoms with Crippen LogP contribution >= 0.6 is 0 Å². The van der Waals surface area contributed by atoms with Crippen molar-refractivity contribution in [2.75, 3.05) is 0 Å². The topological polar surface area (TPSA) is 16.1 Å². The van der Waals surface area contributed by atoms with Gasteiger partial charge in [-0.25, -0.2) is 0 Å². The minimum absolute atomic E-state index is 0.224. The van der Waals surface area contributed by atoms with Gasteiger partial charge in [0.1, 0.15) is 0 Å². The number of fused-ring (bicyclic) bond motifs is 1. The average molecular weight is 204 g/mol. The summed E-state index contributed by atoms with van der Waals surface area (Å²) >= 11 is 0. The Balaban J connectivity index is 2.37. The summed E-state index contributed by atoms with van der Waals surface area (Å²) in [7, 11) is 0. The van der Waals surface area contributed by atoms with Gasteiger partial charge in [0, 0.05) is 18.3 Å². The summed E-state index contributed by atoms with van der Waals surface area (Å²) in [6.07, 6.45) is 3.05. The summed E-state index contributed by atoms with van der Waals surface area (Å²) in [6.45, 7) is 10.1. The Kier molecular flexibility index (Phi) is 2.55. The number of nitrogens with zero attached hydrogens (tertiary/aromatic N) is 2. The zero-order chi connectivity index (χ0) is 11.1. The van der Waals surface area contributed by atoms with Crippen LogP contribution in [0.3, 0.4) is 0 Å². The lowest BCUT2D eigenvalue weighted by atomic mass is 10.0. The first-order chi connectivity index (χ1) is 7.04. The van der Waals surface area contributed by atoms with Crippen molar-refractivity contribution in [3.63, 3.8) is 0 Å². The van der Waals surface area contributed by atoms with Crippen LogP contribution in [0.4, 0.5) is 0 Å². The Hall–Kier alpha value is -0.890. The van der Waals surface area contributed by atoms with Crippen LogP contribution in [-0.4, -0.2) is 15.4 Å². The van der Waals surface area contributed by atoms with E-state index in [0.29, 0.717) is 6.04 Å². The van der Waals surface area contributed by atoms with E-state index in [1.54, 1.807) is 0 Å². The van der Waals surface area contributed by atoms with Crippen molar-refractivity contribution in [1.29, 1.82) is 0 Å². The summed E-state index contributed by atoms with van der Waals surface area (Å²) in [5.74, 6) is 0. The van der Waals surface area contributed by atoms with Crippen molar-refractivity contribution in [3.8, 4) is 0 Å². The van der Waals surface area contributed by atoms with E-state index in [1.165, 1.54) is 11.3 Å². The molecule has 0 spiro atoms. The van der Waals surface area contributed by atoms with Gasteiger partial charge in [-0.1, -0.05) is 13.0 Å². The maximum absolute atomic E-state index is 4.53. The van der Waals surface area contributed by atoms with Crippen molar-refractivity contribution < 1.29 is 0 Å². The molecule has 1 aliphatic rings. The lowest BCUT2D eigenvalue weighted by molar-refractivity contribution is 0.0873. The second-order valence-electron chi connectivity index (χ2n) is 5.27. The Bertz CT molecular complexity index is 352. The molecule has 0 fully saturated rings. The molecule has 0 radical (unpaired) electrons. The molecule has 1 aromatic rings. The van der Waals surface area contributed by atoms with E-state index < -0.39 is 0 Å². The second kappa shape index (κ2) is 3.60. The van der Waals surface area contributed by atoms with Crippen molar-refractivity contribution in [1.82, 2.24) is 9.88 Å². The highest BCUT2D eigenvalue weighted by Gasteiger charge is 2.36. The number of hydrogen-bond donors (Lipinski definition) is 0. The zero-order valence-corrected chi connectivity index (χ0v) is 10.1. The highest BCUT2D eigenvalue weighted by molar-refractivity contribution is 5.28. The van der Waals surface area contributed by atoms with E-state index in [4.69, 9.17) is 0 Å². The van der Waals surface area contributed by atoms with Gasteiger partial charge >= 0.3 is 0 Å². The quantitative estimate of drug-likeness (QED) is 0.698. The van der Waals surface area contributed by atoms with Crippen LogP contribution in [0, 0.1) is 0 Å².